The lowest BCUT2D eigenvalue weighted by molar-refractivity contribution is -0.130. The lowest BCUT2D eigenvalue weighted by Crippen LogP contribution is -2.30. The van der Waals surface area contributed by atoms with Crippen molar-refractivity contribution >= 4 is 34.2 Å². The largest absolute Gasteiger partial charge is 0.492 e. The molecule has 1 heterocycles. The van der Waals surface area contributed by atoms with E-state index in [1.165, 1.54) is 0 Å². The molecule has 0 radical (unpaired) electrons. The van der Waals surface area contributed by atoms with Gasteiger partial charge in [-0.1, -0.05) is 12.1 Å². The lowest BCUT2D eigenvalue weighted by Gasteiger charge is -2.16. The molecule has 0 spiro atoms. The minimum atomic E-state index is 0. The molecule has 1 amide bonds. The molecular formula is C14H20BrClN2O2. The third-order valence-corrected chi connectivity index (χ3v) is 4.04. The van der Waals surface area contributed by atoms with Crippen molar-refractivity contribution in [3.8, 4) is 5.75 Å². The van der Waals surface area contributed by atoms with Gasteiger partial charge in [-0.05, 0) is 46.9 Å². The van der Waals surface area contributed by atoms with E-state index in [9.17, 15) is 4.79 Å². The summed E-state index contributed by atoms with van der Waals surface area (Å²) in [5, 5.41) is 0. The van der Waals surface area contributed by atoms with Gasteiger partial charge in [0.25, 0.3) is 0 Å². The van der Waals surface area contributed by atoms with Gasteiger partial charge in [0, 0.05) is 13.1 Å². The van der Waals surface area contributed by atoms with E-state index in [1.807, 2.05) is 29.2 Å². The molecule has 1 saturated heterocycles. The first-order valence-corrected chi connectivity index (χ1v) is 7.35. The molecule has 1 aromatic carbocycles. The van der Waals surface area contributed by atoms with Crippen molar-refractivity contribution in [3.63, 3.8) is 0 Å². The van der Waals surface area contributed by atoms with E-state index in [0.29, 0.717) is 25.5 Å². The lowest BCUT2D eigenvalue weighted by atomic mass is 10.1. The van der Waals surface area contributed by atoms with Crippen LogP contribution in [0.4, 0.5) is 0 Å². The minimum Gasteiger partial charge on any atom is -0.492 e. The first kappa shape index (κ1) is 17.3. The van der Waals surface area contributed by atoms with Gasteiger partial charge < -0.3 is 15.4 Å². The number of nitrogens with two attached hydrogens (primary N) is 1. The Morgan fingerprint density at radius 1 is 1.45 bits per heavy atom. The number of amides is 1. The fraction of sp³-hybridized carbons (Fsp3) is 0.500. The monoisotopic (exact) mass is 362 g/mol. The number of likely N-dealkylation sites (tertiary alicyclic amines) is 1. The highest BCUT2D eigenvalue weighted by atomic mass is 79.9. The third-order valence-electron chi connectivity index (χ3n) is 3.38. The minimum absolute atomic E-state index is 0. The van der Waals surface area contributed by atoms with Gasteiger partial charge in [-0.2, -0.15) is 0 Å². The SMILES string of the molecule is Cl.NCC1CCN(C(=O)CCOc2ccccc2Br)C1. The predicted molar refractivity (Wildman–Crippen MR) is 85.2 cm³/mol. The summed E-state index contributed by atoms with van der Waals surface area (Å²) >= 11 is 3.41. The molecule has 0 bridgehead atoms. The first-order valence-electron chi connectivity index (χ1n) is 6.56. The number of hydrogen-bond donors (Lipinski definition) is 1. The van der Waals surface area contributed by atoms with Crippen LogP contribution in [-0.2, 0) is 4.79 Å². The van der Waals surface area contributed by atoms with E-state index < -0.39 is 0 Å². The third kappa shape index (κ3) is 4.65. The number of carbonyl (C=O) groups is 1. The maximum absolute atomic E-state index is 12.0. The second kappa shape index (κ2) is 8.49. The van der Waals surface area contributed by atoms with Crippen molar-refractivity contribution in [2.45, 2.75) is 12.8 Å². The molecule has 2 rings (SSSR count). The van der Waals surface area contributed by atoms with Crippen LogP contribution in [0.5, 0.6) is 5.75 Å². The molecule has 1 atom stereocenters. The van der Waals surface area contributed by atoms with Gasteiger partial charge in [0.1, 0.15) is 5.75 Å². The van der Waals surface area contributed by atoms with Gasteiger partial charge >= 0.3 is 0 Å². The Hall–Kier alpha value is -0.780. The molecule has 0 aromatic heterocycles. The first-order chi connectivity index (χ1) is 9.20. The summed E-state index contributed by atoms with van der Waals surface area (Å²) < 4.78 is 6.51. The molecule has 112 valence electrons. The molecule has 6 heteroatoms. The van der Waals surface area contributed by atoms with Crippen molar-refractivity contribution in [2.24, 2.45) is 11.7 Å². The van der Waals surface area contributed by atoms with Crippen LogP contribution in [0.2, 0.25) is 0 Å². The Labute approximate surface area is 134 Å². The molecule has 1 unspecified atom stereocenters. The van der Waals surface area contributed by atoms with Crippen molar-refractivity contribution in [2.75, 3.05) is 26.2 Å². The van der Waals surface area contributed by atoms with E-state index >= 15 is 0 Å². The number of benzene rings is 1. The van der Waals surface area contributed by atoms with Gasteiger partial charge in [0.15, 0.2) is 0 Å². The Balaban J connectivity index is 0.00000200. The number of carbonyl (C=O) groups excluding carboxylic acids is 1. The molecule has 4 nitrogen and oxygen atoms in total. The average molecular weight is 364 g/mol. The van der Waals surface area contributed by atoms with Crippen LogP contribution in [0.25, 0.3) is 0 Å². The Bertz CT molecular complexity index is 445. The average Bonchev–Trinajstić information content (AvgIpc) is 2.90. The van der Waals surface area contributed by atoms with E-state index in [4.69, 9.17) is 10.5 Å². The topological polar surface area (TPSA) is 55.6 Å². The molecule has 1 aromatic rings. The number of para-hydroxylation sites is 1. The fourth-order valence-electron chi connectivity index (χ4n) is 2.22. The second-order valence-electron chi connectivity index (χ2n) is 4.76. The van der Waals surface area contributed by atoms with Crippen molar-refractivity contribution in [1.29, 1.82) is 0 Å². The van der Waals surface area contributed by atoms with Crippen LogP contribution in [0.1, 0.15) is 12.8 Å². The van der Waals surface area contributed by atoms with Crippen molar-refractivity contribution < 1.29 is 9.53 Å². The highest BCUT2D eigenvalue weighted by molar-refractivity contribution is 9.10. The standard InChI is InChI=1S/C14H19BrN2O2.ClH/c15-12-3-1-2-4-13(12)19-8-6-14(18)17-7-5-11(9-16)10-17;/h1-4,11H,5-10,16H2;1H. The van der Waals surface area contributed by atoms with Gasteiger partial charge in [0.2, 0.25) is 5.91 Å². The summed E-state index contributed by atoms with van der Waals surface area (Å²) in [6, 6.07) is 7.64. The number of halogens is 2. The van der Waals surface area contributed by atoms with Gasteiger partial charge in [-0.25, -0.2) is 0 Å². The molecule has 0 aliphatic carbocycles. The highest BCUT2D eigenvalue weighted by Crippen LogP contribution is 2.24. The summed E-state index contributed by atoms with van der Waals surface area (Å²) in [5.74, 6) is 1.40. The maximum Gasteiger partial charge on any atom is 0.226 e. The van der Waals surface area contributed by atoms with E-state index in [0.717, 1.165) is 29.7 Å². The summed E-state index contributed by atoms with van der Waals surface area (Å²) in [7, 11) is 0. The Kier molecular flexibility index (Phi) is 7.34. The second-order valence-corrected chi connectivity index (χ2v) is 5.61. The molecular weight excluding hydrogens is 344 g/mol. The summed E-state index contributed by atoms with van der Waals surface area (Å²) in [4.78, 5) is 13.9. The molecule has 1 aliphatic rings. The number of nitrogens with zero attached hydrogens (tertiary/aromatic N) is 1. The van der Waals surface area contributed by atoms with Crippen LogP contribution in [0.15, 0.2) is 28.7 Å². The van der Waals surface area contributed by atoms with Crippen LogP contribution < -0.4 is 10.5 Å². The zero-order valence-corrected chi connectivity index (χ0v) is 13.7. The normalized spacial score (nSPS) is 17.7. The molecule has 1 aliphatic heterocycles. The van der Waals surface area contributed by atoms with Crippen LogP contribution in [0.3, 0.4) is 0 Å². The number of ether oxygens (including phenoxy) is 1. The number of rotatable bonds is 5. The van der Waals surface area contributed by atoms with Crippen LogP contribution in [-0.4, -0.2) is 37.0 Å². The summed E-state index contributed by atoms with van der Waals surface area (Å²) in [5.41, 5.74) is 5.62. The molecule has 1 fully saturated rings. The van der Waals surface area contributed by atoms with E-state index in [2.05, 4.69) is 15.9 Å². The van der Waals surface area contributed by atoms with Crippen molar-refractivity contribution in [1.82, 2.24) is 4.90 Å². The fourth-order valence-corrected chi connectivity index (χ4v) is 2.62. The Morgan fingerprint density at radius 2 is 2.20 bits per heavy atom. The predicted octanol–water partition coefficient (Wildman–Crippen LogP) is 2.45. The molecule has 0 saturated carbocycles. The van der Waals surface area contributed by atoms with Crippen molar-refractivity contribution in [3.05, 3.63) is 28.7 Å². The Morgan fingerprint density at radius 3 is 2.85 bits per heavy atom. The summed E-state index contributed by atoms with van der Waals surface area (Å²) in [6.45, 7) is 2.70. The zero-order chi connectivity index (χ0) is 13.7. The van der Waals surface area contributed by atoms with Crippen LogP contribution >= 0.6 is 28.3 Å². The highest BCUT2D eigenvalue weighted by Gasteiger charge is 2.24. The smallest absolute Gasteiger partial charge is 0.226 e. The quantitative estimate of drug-likeness (QED) is 0.874. The maximum atomic E-state index is 12.0. The van der Waals surface area contributed by atoms with Gasteiger partial charge in [-0.3, -0.25) is 4.79 Å². The zero-order valence-electron chi connectivity index (χ0n) is 11.3. The van der Waals surface area contributed by atoms with Crippen LogP contribution in [0, 0.1) is 5.92 Å². The molecule has 2 N–H and O–H groups in total. The van der Waals surface area contributed by atoms with E-state index in [-0.39, 0.29) is 18.3 Å². The van der Waals surface area contributed by atoms with Gasteiger partial charge in [-0.15, -0.1) is 12.4 Å². The van der Waals surface area contributed by atoms with Gasteiger partial charge in [0.05, 0.1) is 17.5 Å². The number of hydrogen-bond acceptors (Lipinski definition) is 3. The molecule has 20 heavy (non-hydrogen) atoms. The summed E-state index contributed by atoms with van der Waals surface area (Å²) in [6.07, 6.45) is 1.44. The van der Waals surface area contributed by atoms with E-state index in [1.54, 1.807) is 0 Å².